The molecule has 3 rings (SSSR count). The summed E-state index contributed by atoms with van der Waals surface area (Å²) in [6, 6.07) is 1.60. The molecule has 7 nitrogen and oxygen atoms in total. The van der Waals surface area contributed by atoms with E-state index < -0.39 is 10.0 Å². The molecule has 1 atom stereocenters. The van der Waals surface area contributed by atoms with E-state index in [0.717, 1.165) is 30.6 Å². The molecule has 0 aromatic carbocycles. The van der Waals surface area contributed by atoms with Crippen molar-refractivity contribution in [1.82, 2.24) is 14.9 Å². The van der Waals surface area contributed by atoms with Crippen molar-refractivity contribution in [3.05, 3.63) is 23.7 Å². The largest absolute Gasteiger partial charge is 0.469 e. The van der Waals surface area contributed by atoms with Gasteiger partial charge in [-0.15, -0.1) is 0 Å². The molecule has 0 spiro atoms. The van der Waals surface area contributed by atoms with Crippen LogP contribution in [0.2, 0.25) is 0 Å². The van der Waals surface area contributed by atoms with E-state index in [1.54, 1.807) is 6.26 Å². The molecule has 8 heteroatoms. The van der Waals surface area contributed by atoms with E-state index in [9.17, 15) is 13.2 Å². The van der Waals surface area contributed by atoms with Crippen LogP contribution >= 0.6 is 0 Å². The lowest BCUT2D eigenvalue weighted by molar-refractivity contribution is 0.234. The Morgan fingerprint density at radius 3 is 3.05 bits per heavy atom. The van der Waals surface area contributed by atoms with Gasteiger partial charge in [0.15, 0.2) is 0 Å². The van der Waals surface area contributed by atoms with Crippen molar-refractivity contribution in [3.63, 3.8) is 0 Å². The van der Waals surface area contributed by atoms with Crippen LogP contribution in [0.25, 0.3) is 0 Å². The van der Waals surface area contributed by atoms with E-state index in [-0.39, 0.29) is 17.8 Å². The fourth-order valence-corrected chi connectivity index (χ4v) is 4.61. The lowest BCUT2D eigenvalue weighted by atomic mass is 9.93. The van der Waals surface area contributed by atoms with Crippen molar-refractivity contribution in [3.8, 4) is 0 Å². The van der Waals surface area contributed by atoms with E-state index in [1.807, 2.05) is 6.07 Å². The number of carbonyl (C=O) groups excluding carboxylic acids is 1. The van der Waals surface area contributed by atoms with Crippen LogP contribution < -0.4 is 10.6 Å². The number of nitrogens with zero attached hydrogens (tertiary/aromatic N) is 1. The van der Waals surface area contributed by atoms with Gasteiger partial charge < -0.3 is 15.1 Å². The average Bonchev–Trinajstić information content (AvgIpc) is 3.06. The molecule has 2 aliphatic rings. The molecule has 2 amide bonds. The van der Waals surface area contributed by atoms with Crippen LogP contribution in [0.1, 0.15) is 36.6 Å². The minimum absolute atomic E-state index is 0.0296. The van der Waals surface area contributed by atoms with Gasteiger partial charge in [0.25, 0.3) is 0 Å². The second-order valence-electron chi connectivity index (χ2n) is 5.71. The maximum atomic E-state index is 12.0. The van der Waals surface area contributed by atoms with E-state index in [4.69, 9.17) is 4.42 Å². The van der Waals surface area contributed by atoms with Gasteiger partial charge in [-0.25, -0.2) is 17.5 Å². The first-order chi connectivity index (χ1) is 10.6. The number of hydrogen-bond acceptors (Lipinski definition) is 4. The topological polar surface area (TPSA) is 91.7 Å². The summed E-state index contributed by atoms with van der Waals surface area (Å²) in [7, 11) is -3.10. The molecule has 1 saturated heterocycles. The molecule has 122 valence electrons. The molecule has 0 radical (unpaired) electrons. The van der Waals surface area contributed by atoms with Crippen molar-refractivity contribution < 1.29 is 17.6 Å². The standard InChI is InChI=1S/C14H21N3O4S/c18-14(15-6-8-17-7-2-10-22(17,19)20)16-12-3-1-4-13-11(12)5-9-21-13/h5,9,12H,1-4,6-8,10H2,(H2,15,16,18)/t12-/m0/s1. The minimum atomic E-state index is -3.10. The van der Waals surface area contributed by atoms with Gasteiger partial charge in [-0.2, -0.15) is 0 Å². The number of carbonyl (C=O) groups is 1. The molecule has 0 bridgehead atoms. The predicted molar refractivity (Wildman–Crippen MR) is 80.9 cm³/mol. The van der Waals surface area contributed by atoms with Gasteiger partial charge in [0.2, 0.25) is 10.0 Å². The van der Waals surface area contributed by atoms with Crippen molar-refractivity contribution in [2.24, 2.45) is 0 Å². The molecule has 22 heavy (non-hydrogen) atoms. The summed E-state index contributed by atoms with van der Waals surface area (Å²) in [5.74, 6) is 1.16. The van der Waals surface area contributed by atoms with Gasteiger partial charge in [-0.1, -0.05) is 0 Å². The quantitative estimate of drug-likeness (QED) is 0.863. The Kier molecular flexibility index (Phi) is 4.39. The summed E-state index contributed by atoms with van der Waals surface area (Å²) in [6.45, 7) is 1.19. The molecule has 0 unspecified atom stereocenters. The highest BCUT2D eigenvalue weighted by molar-refractivity contribution is 7.89. The fraction of sp³-hybridized carbons (Fsp3) is 0.643. The van der Waals surface area contributed by atoms with Crippen LogP contribution in [-0.4, -0.2) is 44.1 Å². The molecule has 2 N–H and O–H groups in total. The average molecular weight is 327 g/mol. The second-order valence-corrected chi connectivity index (χ2v) is 7.80. The Hall–Kier alpha value is -1.54. The number of furan rings is 1. The van der Waals surface area contributed by atoms with Gasteiger partial charge in [0.1, 0.15) is 5.76 Å². The maximum absolute atomic E-state index is 12.0. The summed E-state index contributed by atoms with van der Waals surface area (Å²) in [6.07, 6.45) is 5.10. The lowest BCUT2D eigenvalue weighted by Gasteiger charge is -2.23. The third-order valence-electron chi connectivity index (χ3n) is 4.21. The maximum Gasteiger partial charge on any atom is 0.315 e. The molecule has 1 aromatic rings. The van der Waals surface area contributed by atoms with Crippen LogP contribution in [-0.2, 0) is 16.4 Å². The number of sulfonamides is 1. The van der Waals surface area contributed by atoms with Crippen molar-refractivity contribution in [2.45, 2.75) is 31.7 Å². The van der Waals surface area contributed by atoms with Crippen molar-refractivity contribution >= 4 is 16.1 Å². The number of fused-ring (bicyclic) bond motifs is 1. The number of urea groups is 1. The van der Waals surface area contributed by atoms with E-state index >= 15 is 0 Å². The van der Waals surface area contributed by atoms with Gasteiger partial charge in [-0.3, -0.25) is 0 Å². The first-order valence-corrected chi connectivity index (χ1v) is 9.25. The highest BCUT2D eigenvalue weighted by Crippen LogP contribution is 2.30. The number of aryl methyl sites for hydroxylation is 1. The van der Waals surface area contributed by atoms with Gasteiger partial charge in [0.05, 0.1) is 18.1 Å². The number of nitrogens with one attached hydrogen (secondary N) is 2. The highest BCUT2D eigenvalue weighted by atomic mass is 32.2. The van der Waals surface area contributed by atoms with Crippen LogP contribution in [0.5, 0.6) is 0 Å². The Morgan fingerprint density at radius 2 is 2.27 bits per heavy atom. The van der Waals surface area contributed by atoms with Crippen LogP contribution in [0.3, 0.4) is 0 Å². The molecule has 1 aliphatic carbocycles. The zero-order valence-corrected chi connectivity index (χ0v) is 13.2. The first-order valence-electron chi connectivity index (χ1n) is 7.65. The number of rotatable bonds is 4. The predicted octanol–water partition coefficient (Wildman–Crippen LogP) is 0.992. The monoisotopic (exact) mass is 327 g/mol. The Balaban J connectivity index is 1.46. The second kappa shape index (κ2) is 6.29. The molecular formula is C14H21N3O4S. The Labute approximate surface area is 130 Å². The highest BCUT2D eigenvalue weighted by Gasteiger charge is 2.28. The summed E-state index contributed by atoms with van der Waals surface area (Å²) in [4.78, 5) is 12.0. The number of amides is 2. The summed E-state index contributed by atoms with van der Waals surface area (Å²) < 4.78 is 30.1. The summed E-state index contributed by atoms with van der Waals surface area (Å²) in [5.41, 5.74) is 1.04. The minimum Gasteiger partial charge on any atom is -0.469 e. The molecular weight excluding hydrogens is 306 g/mol. The zero-order valence-electron chi connectivity index (χ0n) is 12.4. The first kappa shape index (κ1) is 15.4. The summed E-state index contributed by atoms with van der Waals surface area (Å²) >= 11 is 0. The smallest absolute Gasteiger partial charge is 0.315 e. The van der Waals surface area contributed by atoms with E-state index in [0.29, 0.717) is 26.1 Å². The Bertz CT molecular complexity index is 640. The molecule has 0 saturated carbocycles. The molecule has 1 aliphatic heterocycles. The molecule has 2 heterocycles. The van der Waals surface area contributed by atoms with Crippen molar-refractivity contribution in [2.75, 3.05) is 25.4 Å². The SMILES string of the molecule is O=C(NCCN1CCCS1(=O)=O)N[C@H]1CCCc2occc21. The van der Waals surface area contributed by atoms with Crippen LogP contribution in [0, 0.1) is 0 Å². The third kappa shape index (κ3) is 3.27. The van der Waals surface area contributed by atoms with Gasteiger partial charge >= 0.3 is 6.03 Å². The van der Waals surface area contributed by atoms with E-state index in [2.05, 4.69) is 10.6 Å². The normalized spacial score (nSPS) is 23.9. The van der Waals surface area contributed by atoms with Gasteiger partial charge in [0, 0.05) is 31.6 Å². The van der Waals surface area contributed by atoms with Crippen LogP contribution in [0.4, 0.5) is 4.79 Å². The van der Waals surface area contributed by atoms with Crippen LogP contribution in [0.15, 0.2) is 16.7 Å². The van der Waals surface area contributed by atoms with E-state index in [1.165, 1.54) is 4.31 Å². The molecule has 1 aromatic heterocycles. The fourth-order valence-electron chi connectivity index (χ4n) is 3.08. The number of hydrogen-bond donors (Lipinski definition) is 2. The third-order valence-corrected chi connectivity index (χ3v) is 6.16. The summed E-state index contributed by atoms with van der Waals surface area (Å²) in [5, 5.41) is 5.66. The Morgan fingerprint density at radius 1 is 1.41 bits per heavy atom. The zero-order chi connectivity index (χ0) is 15.6. The van der Waals surface area contributed by atoms with Crippen molar-refractivity contribution in [1.29, 1.82) is 0 Å². The molecule has 1 fully saturated rings. The lowest BCUT2D eigenvalue weighted by Crippen LogP contribution is -2.42. The van der Waals surface area contributed by atoms with Gasteiger partial charge in [-0.05, 0) is 25.3 Å².